The van der Waals surface area contributed by atoms with Crippen LogP contribution in [0.4, 0.5) is 17.5 Å². The minimum Gasteiger partial charge on any atom is -0.495 e. The molecule has 202 valence electrons. The molecule has 38 heavy (non-hydrogen) atoms. The summed E-state index contributed by atoms with van der Waals surface area (Å²) in [5.74, 6) is 1.47. The third-order valence-corrected chi connectivity index (χ3v) is 8.88. The molecule has 4 aliphatic rings. The van der Waals surface area contributed by atoms with Gasteiger partial charge in [-0.05, 0) is 67.2 Å². The summed E-state index contributed by atoms with van der Waals surface area (Å²) in [6.45, 7) is 3.63. The number of hydrogen-bond donors (Lipinski definition) is 3. The van der Waals surface area contributed by atoms with Gasteiger partial charge in [-0.15, -0.1) is 0 Å². The molecule has 10 heteroatoms. The number of ether oxygens (including phenoxy) is 2. The van der Waals surface area contributed by atoms with E-state index < -0.39 is 0 Å². The molecule has 2 bridgehead atoms. The van der Waals surface area contributed by atoms with E-state index in [1.165, 1.54) is 17.5 Å². The van der Waals surface area contributed by atoms with E-state index in [-0.39, 0.29) is 29.7 Å². The fraction of sp³-hybridized carbons (Fsp3) is 0.536. The molecule has 2 aromatic rings. The van der Waals surface area contributed by atoms with Crippen LogP contribution in [0.1, 0.15) is 30.4 Å². The highest BCUT2D eigenvalue weighted by Crippen LogP contribution is 2.45. The zero-order valence-corrected chi connectivity index (χ0v) is 22.4. The molecule has 9 nitrogen and oxygen atoms in total. The number of primary amides is 1. The molecule has 1 aromatic heterocycles. The molecule has 2 heterocycles. The number of halogens is 1. The van der Waals surface area contributed by atoms with Gasteiger partial charge in [0.15, 0.2) is 5.82 Å². The first-order chi connectivity index (χ1) is 18.5. The minimum atomic E-state index is -0.298. The summed E-state index contributed by atoms with van der Waals surface area (Å²) >= 11 is 6.47. The molecule has 0 radical (unpaired) electrons. The summed E-state index contributed by atoms with van der Waals surface area (Å²) in [7, 11) is 1.69. The van der Waals surface area contributed by atoms with Crippen molar-refractivity contribution in [2.75, 3.05) is 44.0 Å². The van der Waals surface area contributed by atoms with E-state index in [1.807, 2.05) is 0 Å². The molecule has 1 aliphatic heterocycles. The first-order valence-electron chi connectivity index (χ1n) is 13.6. The lowest BCUT2D eigenvalue weighted by atomic mass is 9.88. The second kappa shape index (κ2) is 10.7. The third-order valence-electron chi connectivity index (χ3n) is 8.60. The Hall–Kier alpha value is -2.88. The number of nitrogens with zero attached hydrogens (tertiary/aromatic N) is 3. The van der Waals surface area contributed by atoms with E-state index >= 15 is 0 Å². The molecule has 5 atom stereocenters. The van der Waals surface area contributed by atoms with Gasteiger partial charge < -0.3 is 25.8 Å². The number of amides is 1. The summed E-state index contributed by atoms with van der Waals surface area (Å²) in [6.07, 6.45) is 11.1. The summed E-state index contributed by atoms with van der Waals surface area (Å²) < 4.78 is 11.4. The number of nitrogens with two attached hydrogens (primary N) is 1. The van der Waals surface area contributed by atoms with Crippen molar-refractivity contribution in [3.63, 3.8) is 0 Å². The maximum absolute atomic E-state index is 12.2. The lowest BCUT2D eigenvalue weighted by Crippen LogP contribution is -2.44. The number of allylic oxidation sites excluding steroid dienone is 1. The van der Waals surface area contributed by atoms with Gasteiger partial charge in [-0.3, -0.25) is 9.69 Å². The third kappa shape index (κ3) is 4.95. The number of aryl methyl sites for hydroxylation is 1. The van der Waals surface area contributed by atoms with Crippen LogP contribution in [-0.4, -0.2) is 66.3 Å². The molecule has 1 aromatic carbocycles. The van der Waals surface area contributed by atoms with Crippen LogP contribution in [0.25, 0.3) is 0 Å². The molecule has 6 rings (SSSR count). The first kappa shape index (κ1) is 25.4. The second-order valence-corrected chi connectivity index (χ2v) is 11.2. The summed E-state index contributed by atoms with van der Waals surface area (Å²) in [5.41, 5.74) is 9.22. The number of carbonyl (C=O) groups excluding carboxylic acids is 1. The van der Waals surface area contributed by atoms with Crippen molar-refractivity contribution in [1.29, 1.82) is 0 Å². The molecule has 1 amide bonds. The van der Waals surface area contributed by atoms with Crippen LogP contribution in [0.5, 0.6) is 5.75 Å². The van der Waals surface area contributed by atoms with E-state index in [0.29, 0.717) is 22.8 Å². The number of carbonyl (C=O) groups is 1. The average Bonchev–Trinajstić information content (AvgIpc) is 3.46. The molecule has 2 fully saturated rings. The average molecular weight is 539 g/mol. The van der Waals surface area contributed by atoms with Crippen LogP contribution in [0.15, 0.2) is 30.5 Å². The summed E-state index contributed by atoms with van der Waals surface area (Å²) in [5, 5.41) is 7.15. The van der Waals surface area contributed by atoms with Gasteiger partial charge in [-0.1, -0.05) is 23.8 Å². The predicted octanol–water partition coefficient (Wildman–Crippen LogP) is 3.55. The van der Waals surface area contributed by atoms with Gasteiger partial charge in [-0.2, -0.15) is 4.98 Å². The minimum absolute atomic E-state index is 0.135. The second-order valence-electron chi connectivity index (χ2n) is 10.8. The topological polar surface area (TPSA) is 115 Å². The molecule has 1 saturated carbocycles. The Bertz CT molecular complexity index is 1230. The highest BCUT2D eigenvalue weighted by molar-refractivity contribution is 6.32. The number of nitrogens with one attached hydrogen (secondary N) is 2. The molecule has 1 unspecified atom stereocenters. The highest BCUT2D eigenvalue weighted by atomic mass is 35.5. The van der Waals surface area contributed by atoms with E-state index in [4.69, 9.17) is 26.8 Å². The SMILES string of the molecule is COc1cc2c(cc1Nc1ncc(Cl)c(N[C@H]3[C@@H](C(N)=O)[C@@H]4C=C[C@H]3C4)n1)CCCC(N1CCOCC1)C2. The van der Waals surface area contributed by atoms with Gasteiger partial charge in [0.1, 0.15) is 10.8 Å². The molecule has 3 aliphatic carbocycles. The van der Waals surface area contributed by atoms with Crippen LogP contribution >= 0.6 is 11.6 Å². The Morgan fingerprint density at radius 3 is 2.82 bits per heavy atom. The van der Waals surface area contributed by atoms with Crippen LogP contribution in [0.3, 0.4) is 0 Å². The largest absolute Gasteiger partial charge is 0.495 e. The smallest absolute Gasteiger partial charge is 0.229 e. The molecule has 0 spiro atoms. The van der Waals surface area contributed by atoms with Crippen molar-refractivity contribution in [2.45, 2.75) is 44.2 Å². The number of morpholine rings is 1. The lowest BCUT2D eigenvalue weighted by Gasteiger charge is -2.34. The van der Waals surface area contributed by atoms with Gasteiger partial charge in [0.2, 0.25) is 11.9 Å². The Morgan fingerprint density at radius 2 is 2.03 bits per heavy atom. The molecule has 4 N–H and O–H groups in total. The van der Waals surface area contributed by atoms with Gasteiger partial charge in [-0.25, -0.2) is 4.98 Å². The quantitative estimate of drug-likeness (QED) is 0.362. The maximum Gasteiger partial charge on any atom is 0.229 e. The number of fused-ring (bicyclic) bond motifs is 3. The molecule has 1 saturated heterocycles. The van der Waals surface area contributed by atoms with Crippen molar-refractivity contribution in [3.05, 3.63) is 46.6 Å². The van der Waals surface area contributed by atoms with Crippen molar-refractivity contribution in [1.82, 2.24) is 14.9 Å². The van der Waals surface area contributed by atoms with Crippen LogP contribution in [-0.2, 0) is 22.4 Å². The normalized spacial score (nSPS) is 28.5. The van der Waals surface area contributed by atoms with Gasteiger partial charge >= 0.3 is 0 Å². The fourth-order valence-electron chi connectivity index (χ4n) is 6.71. The Labute approximate surface area is 228 Å². The molecular formula is C28H35ClN6O3. The van der Waals surface area contributed by atoms with Crippen molar-refractivity contribution in [3.8, 4) is 5.75 Å². The zero-order chi connectivity index (χ0) is 26.2. The first-order valence-corrected chi connectivity index (χ1v) is 13.9. The Morgan fingerprint density at radius 1 is 1.21 bits per heavy atom. The number of benzene rings is 1. The number of methoxy groups -OCH3 is 1. The summed E-state index contributed by atoms with van der Waals surface area (Å²) in [6, 6.07) is 4.72. The fourth-order valence-corrected chi connectivity index (χ4v) is 6.85. The van der Waals surface area contributed by atoms with Crippen LogP contribution in [0, 0.1) is 17.8 Å². The molecular weight excluding hydrogens is 504 g/mol. The number of rotatable bonds is 7. The maximum atomic E-state index is 12.2. The Kier molecular flexibility index (Phi) is 7.16. The monoisotopic (exact) mass is 538 g/mol. The van der Waals surface area contributed by atoms with Crippen molar-refractivity contribution >= 4 is 35.0 Å². The predicted molar refractivity (Wildman–Crippen MR) is 147 cm³/mol. The summed E-state index contributed by atoms with van der Waals surface area (Å²) in [4.78, 5) is 23.8. The van der Waals surface area contributed by atoms with E-state index in [2.05, 4.69) is 49.8 Å². The van der Waals surface area contributed by atoms with Crippen molar-refractivity contribution in [2.24, 2.45) is 23.5 Å². The standard InChI is InChI=1S/C28H35ClN6O3/c1-37-23-14-19-12-20(35-7-9-38-10-8-35)4-2-3-16(19)13-22(23)32-28-31-15-21(29)27(34-28)33-25-18-6-5-17(11-18)24(25)26(30)36/h5-6,13-15,17-18,20,24-25H,2-4,7-12H2,1H3,(H2,30,36)(H2,31,32,33,34)/t17-,18+,20?,24+,25-/m1/s1. The Balaban J connectivity index is 1.22. The lowest BCUT2D eigenvalue weighted by molar-refractivity contribution is -0.122. The van der Waals surface area contributed by atoms with Gasteiger partial charge in [0.25, 0.3) is 0 Å². The zero-order valence-electron chi connectivity index (χ0n) is 21.7. The van der Waals surface area contributed by atoms with E-state index in [9.17, 15) is 4.79 Å². The van der Waals surface area contributed by atoms with E-state index in [0.717, 1.165) is 63.4 Å². The van der Waals surface area contributed by atoms with Gasteiger partial charge in [0.05, 0.1) is 38.1 Å². The highest BCUT2D eigenvalue weighted by Gasteiger charge is 2.47. The van der Waals surface area contributed by atoms with Gasteiger partial charge in [0, 0.05) is 25.2 Å². The van der Waals surface area contributed by atoms with Crippen LogP contribution < -0.4 is 21.1 Å². The number of aromatic nitrogens is 2. The van der Waals surface area contributed by atoms with Crippen LogP contribution in [0.2, 0.25) is 5.02 Å². The van der Waals surface area contributed by atoms with E-state index in [1.54, 1.807) is 13.3 Å². The van der Waals surface area contributed by atoms with Crippen molar-refractivity contribution < 1.29 is 14.3 Å². The number of hydrogen-bond acceptors (Lipinski definition) is 8. The number of anilines is 3.